The van der Waals surface area contributed by atoms with E-state index in [1.807, 2.05) is 0 Å². The number of benzene rings is 1. The summed E-state index contributed by atoms with van der Waals surface area (Å²) in [6.07, 6.45) is 0. The Balaban J connectivity index is 2.86. The van der Waals surface area contributed by atoms with Crippen molar-refractivity contribution in [3.8, 4) is 0 Å². The minimum absolute atomic E-state index is 0.0853. The minimum Gasteiger partial charge on any atom is -0.480 e. The highest BCUT2D eigenvalue weighted by Crippen LogP contribution is 2.23. The molecule has 6 heteroatoms. The van der Waals surface area contributed by atoms with Crippen LogP contribution in [0.5, 0.6) is 0 Å². The molecule has 0 saturated carbocycles. The Morgan fingerprint density at radius 2 is 1.80 bits per heavy atom. The van der Waals surface area contributed by atoms with Crippen LogP contribution in [-0.2, 0) is 4.79 Å². The van der Waals surface area contributed by atoms with Crippen LogP contribution in [0.1, 0.15) is 10.4 Å². The first-order valence-electron chi connectivity index (χ1n) is 3.96. The fourth-order valence-corrected chi connectivity index (χ4v) is 1.53. The molecule has 0 atom stereocenters. The Morgan fingerprint density at radius 1 is 1.27 bits per heavy atom. The van der Waals surface area contributed by atoms with Crippen molar-refractivity contribution in [1.82, 2.24) is 5.32 Å². The second kappa shape index (κ2) is 5.00. The first-order chi connectivity index (χ1) is 7.02. The molecule has 1 rings (SSSR count). The van der Waals surface area contributed by atoms with E-state index in [0.717, 1.165) is 0 Å². The maximum atomic E-state index is 11.4. The van der Waals surface area contributed by atoms with Crippen molar-refractivity contribution in [1.29, 1.82) is 0 Å². The van der Waals surface area contributed by atoms with Gasteiger partial charge in [0.05, 0.1) is 15.6 Å². The van der Waals surface area contributed by atoms with Crippen LogP contribution in [0.15, 0.2) is 18.2 Å². The van der Waals surface area contributed by atoms with E-state index in [-0.39, 0.29) is 15.6 Å². The van der Waals surface area contributed by atoms with Crippen molar-refractivity contribution in [2.45, 2.75) is 0 Å². The molecule has 0 radical (unpaired) electrons. The molecule has 1 aromatic carbocycles. The van der Waals surface area contributed by atoms with Gasteiger partial charge in [0.25, 0.3) is 5.91 Å². The lowest BCUT2D eigenvalue weighted by Gasteiger charge is -2.06. The van der Waals surface area contributed by atoms with E-state index in [2.05, 4.69) is 5.32 Å². The van der Waals surface area contributed by atoms with Crippen LogP contribution in [-0.4, -0.2) is 23.5 Å². The van der Waals surface area contributed by atoms with Crippen LogP contribution in [0.25, 0.3) is 0 Å². The van der Waals surface area contributed by atoms with Crippen molar-refractivity contribution in [3.05, 3.63) is 33.8 Å². The van der Waals surface area contributed by atoms with Gasteiger partial charge in [-0.3, -0.25) is 9.59 Å². The van der Waals surface area contributed by atoms with E-state index in [0.29, 0.717) is 0 Å². The first kappa shape index (κ1) is 11.8. The third-order valence-electron chi connectivity index (χ3n) is 1.59. The first-order valence-corrected chi connectivity index (χ1v) is 4.72. The van der Waals surface area contributed by atoms with Gasteiger partial charge in [-0.15, -0.1) is 0 Å². The number of halogens is 2. The Bertz CT molecular complexity index is 386. The van der Waals surface area contributed by atoms with Gasteiger partial charge in [-0.25, -0.2) is 0 Å². The lowest BCUT2D eigenvalue weighted by molar-refractivity contribution is -0.135. The molecule has 15 heavy (non-hydrogen) atoms. The summed E-state index contributed by atoms with van der Waals surface area (Å²) in [4.78, 5) is 21.7. The van der Waals surface area contributed by atoms with E-state index in [1.54, 1.807) is 6.07 Å². The van der Waals surface area contributed by atoms with E-state index < -0.39 is 18.4 Å². The Kier molecular flexibility index (Phi) is 3.94. The predicted octanol–water partition coefficient (Wildman–Crippen LogP) is 1.81. The number of rotatable bonds is 3. The van der Waals surface area contributed by atoms with Crippen molar-refractivity contribution >= 4 is 35.1 Å². The third kappa shape index (κ3) is 3.11. The number of carboxylic acid groups (broad SMARTS) is 1. The van der Waals surface area contributed by atoms with Crippen molar-refractivity contribution in [2.75, 3.05) is 6.54 Å². The fraction of sp³-hybridized carbons (Fsp3) is 0.111. The van der Waals surface area contributed by atoms with E-state index in [9.17, 15) is 9.59 Å². The van der Waals surface area contributed by atoms with Crippen molar-refractivity contribution in [3.63, 3.8) is 0 Å². The van der Waals surface area contributed by atoms with Crippen LogP contribution in [0.2, 0.25) is 10.0 Å². The highest BCUT2D eigenvalue weighted by Gasteiger charge is 2.14. The van der Waals surface area contributed by atoms with Crippen LogP contribution in [0.3, 0.4) is 0 Å². The Morgan fingerprint density at radius 3 is 2.27 bits per heavy atom. The maximum absolute atomic E-state index is 11.4. The number of aliphatic carboxylic acids is 1. The normalized spacial score (nSPS) is 9.73. The molecule has 0 heterocycles. The number of carboxylic acids is 1. The summed E-state index contributed by atoms with van der Waals surface area (Å²) < 4.78 is 0. The van der Waals surface area contributed by atoms with Crippen LogP contribution >= 0.6 is 23.2 Å². The molecular weight excluding hydrogens is 241 g/mol. The second-order valence-electron chi connectivity index (χ2n) is 2.67. The quantitative estimate of drug-likeness (QED) is 0.857. The summed E-state index contributed by atoms with van der Waals surface area (Å²) in [6.45, 7) is -0.472. The van der Waals surface area contributed by atoms with Crippen LogP contribution in [0.4, 0.5) is 0 Å². The summed E-state index contributed by atoms with van der Waals surface area (Å²) >= 11 is 11.5. The molecule has 0 fully saturated rings. The standard InChI is InChI=1S/C9H7Cl2NO3/c10-5-2-1-3-6(11)8(5)9(15)12-4-7(13)14/h1-3H,4H2,(H,12,15)(H,13,14). The number of nitrogens with one attached hydrogen (secondary N) is 1. The number of hydrogen-bond donors (Lipinski definition) is 2. The predicted molar refractivity (Wildman–Crippen MR) is 56.4 cm³/mol. The molecule has 0 aliphatic heterocycles. The average Bonchev–Trinajstić information content (AvgIpc) is 2.14. The van der Waals surface area contributed by atoms with Gasteiger partial charge in [0.2, 0.25) is 0 Å². The molecule has 80 valence electrons. The maximum Gasteiger partial charge on any atom is 0.322 e. The van der Waals surface area contributed by atoms with Crippen molar-refractivity contribution < 1.29 is 14.7 Å². The van der Waals surface area contributed by atoms with Gasteiger partial charge in [0, 0.05) is 0 Å². The molecule has 0 aliphatic rings. The summed E-state index contributed by atoms with van der Waals surface area (Å²) in [5.41, 5.74) is 0.0853. The molecule has 2 N–H and O–H groups in total. The van der Waals surface area contributed by atoms with Gasteiger partial charge >= 0.3 is 5.97 Å². The van der Waals surface area contributed by atoms with Gasteiger partial charge in [-0.05, 0) is 12.1 Å². The van der Waals surface area contributed by atoms with Crippen LogP contribution < -0.4 is 5.32 Å². The molecule has 0 spiro atoms. The van der Waals surface area contributed by atoms with Gasteiger partial charge in [-0.1, -0.05) is 29.3 Å². The van der Waals surface area contributed by atoms with Gasteiger partial charge < -0.3 is 10.4 Å². The lowest BCUT2D eigenvalue weighted by Crippen LogP contribution is -2.29. The number of amides is 1. The fourth-order valence-electron chi connectivity index (χ4n) is 0.959. The van der Waals surface area contributed by atoms with Gasteiger partial charge in [0.15, 0.2) is 0 Å². The third-order valence-corrected chi connectivity index (χ3v) is 2.22. The summed E-state index contributed by atoms with van der Waals surface area (Å²) in [5, 5.41) is 10.9. The molecule has 0 bridgehead atoms. The van der Waals surface area contributed by atoms with E-state index in [1.165, 1.54) is 12.1 Å². The molecule has 0 aliphatic carbocycles. The second-order valence-corrected chi connectivity index (χ2v) is 3.49. The summed E-state index contributed by atoms with van der Waals surface area (Å²) in [6, 6.07) is 4.60. The number of carbonyl (C=O) groups excluding carboxylic acids is 1. The lowest BCUT2D eigenvalue weighted by atomic mass is 10.2. The van der Waals surface area contributed by atoms with E-state index in [4.69, 9.17) is 28.3 Å². The monoisotopic (exact) mass is 247 g/mol. The number of hydrogen-bond acceptors (Lipinski definition) is 2. The van der Waals surface area contributed by atoms with Gasteiger partial charge in [-0.2, -0.15) is 0 Å². The molecule has 0 unspecified atom stereocenters. The zero-order chi connectivity index (χ0) is 11.4. The van der Waals surface area contributed by atoms with Gasteiger partial charge in [0.1, 0.15) is 6.54 Å². The Hall–Kier alpha value is -1.26. The highest BCUT2D eigenvalue weighted by atomic mass is 35.5. The molecule has 1 amide bonds. The molecule has 4 nitrogen and oxygen atoms in total. The number of carbonyl (C=O) groups is 2. The van der Waals surface area contributed by atoms with Crippen LogP contribution in [0, 0.1) is 0 Å². The van der Waals surface area contributed by atoms with Crippen molar-refractivity contribution in [2.24, 2.45) is 0 Å². The smallest absolute Gasteiger partial charge is 0.322 e. The average molecular weight is 248 g/mol. The zero-order valence-electron chi connectivity index (χ0n) is 7.46. The molecule has 0 saturated heterocycles. The minimum atomic E-state index is -1.13. The topological polar surface area (TPSA) is 66.4 Å². The SMILES string of the molecule is O=C(O)CNC(=O)c1c(Cl)cccc1Cl. The summed E-state index contributed by atoms with van der Waals surface area (Å²) in [7, 11) is 0. The Labute approximate surface area is 95.8 Å². The molecule has 0 aromatic heterocycles. The molecular formula is C9H7Cl2NO3. The highest BCUT2D eigenvalue weighted by molar-refractivity contribution is 6.39. The van der Waals surface area contributed by atoms with E-state index >= 15 is 0 Å². The largest absolute Gasteiger partial charge is 0.480 e. The zero-order valence-corrected chi connectivity index (χ0v) is 8.97. The summed E-state index contributed by atoms with van der Waals surface area (Å²) in [5.74, 6) is -1.74. The molecule has 1 aromatic rings.